The minimum absolute atomic E-state index is 0.0276. The van der Waals surface area contributed by atoms with Gasteiger partial charge >= 0.3 is 0 Å². The number of rotatable bonds is 5. The molecule has 1 N–H and O–H groups in total. The molecule has 0 aliphatic rings. The summed E-state index contributed by atoms with van der Waals surface area (Å²) in [6.45, 7) is 9.42. The summed E-state index contributed by atoms with van der Waals surface area (Å²) in [5, 5.41) is 7.94. The lowest BCUT2D eigenvalue weighted by atomic mass is 10.1. The highest BCUT2D eigenvalue weighted by molar-refractivity contribution is 5.28. The summed E-state index contributed by atoms with van der Waals surface area (Å²) in [6, 6.07) is 8.45. The van der Waals surface area contributed by atoms with Crippen molar-refractivity contribution in [3.8, 4) is 5.75 Å². The average molecular weight is 287 g/mol. The second-order valence-electron chi connectivity index (χ2n) is 6.34. The molecule has 0 fully saturated rings. The number of nitrogens with one attached hydrogen (secondary N) is 1. The zero-order valence-corrected chi connectivity index (χ0v) is 13.6. The third-order valence-corrected chi connectivity index (χ3v) is 3.55. The minimum atomic E-state index is 0.0276. The fourth-order valence-electron chi connectivity index (χ4n) is 2.10. The van der Waals surface area contributed by atoms with E-state index in [2.05, 4.69) is 56.4 Å². The van der Waals surface area contributed by atoms with Crippen LogP contribution in [0.3, 0.4) is 0 Å². The Morgan fingerprint density at radius 1 is 1.24 bits per heavy atom. The fraction of sp³-hybridized carbons (Fsp3) is 0.471. The van der Waals surface area contributed by atoms with Crippen molar-refractivity contribution in [3.63, 3.8) is 0 Å². The number of hydrogen-bond acceptors (Lipinski definition) is 3. The molecule has 4 heteroatoms. The summed E-state index contributed by atoms with van der Waals surface area (Å²) >= 11 is 0. The Bertz CT molecular complexity index is 566. The quantitative estimate of drug-likeness (QED) is 0.915. The predicted molar refractivity (Wildman–Crippen MR) is 85.5 cm³/mol. The molecule has 0 amide bonds. The monoisotopic (exact) mass is 287 g/mol. The maximum atomic E-state index is 5.18. The minimum Gasteiger partial charge on any atom is -0.497 e. The molecule has 1 aromatic heterocycles. The molecule has 1 aromatic carbocycles. The van der Waals surface area contributed by atoms with E-state index in [4.69, 9.17) is 4.74 Å². The molecule has 2 aromatic rings. The normalized spacial score (nSPS) is 13.2. The average Bonchev–Trinajstić information content (AvgIpc) is 2.94. The molecule has 0 unspecified atom stereocenters. The Morgan fingerprint density at radius 2 is 1.90 bits per heavy atom. The number of aromatic nitrogens is 2. The van der Waals surface area contributed by atoms with Gasteiger partial charge in [-0.05, 0) is 45.4 Å². The highest BCUT2D eigenvalue weighted by atomic mass is 16.5. The Labute approximate surface area is 127 Å². The molecule has 0 aliphatic heterocycles. The first-order chi connectivity index (χ1) is 9.90. The standard InChI is InChI=1S/C17H25N3O/c1-13(15-6-8-16(21-5)9-7-15)18-10-14-11-19-20(12-14)17(2,3)4/h6-9,11-13,18H,10H2,1-5H3/t13-/m0/s1. The van der Waals surface area contributed by atoms with E-state index < -0.39 is 0 Å². The van der Waals surface area contributed by atoms with Gasteiger partial charge in [0.25, 0.3) is 0 Å². The molecule has 0 spiro atoms. The van der Waals surface area contributed by atoms with Crippen molar-refractivity contribution in [2.45, 2.75) is 45.8 Å². The second-order valence-corrected chi connectivity index (χ2v) is 6.34. The van der Waals surface area contributed by atoms with E-state index in [-0.39, 0.29) is 11.6 Å². The summed E-state index contributed by atoms with van der Waals surface area (Å²) < 4.78 is 7.18. The van der Waals surface area contributed by atoms with Crippen molar-refractivity contribution in [1.82, 2.24) is 15.1 Å². The van der Waals surface area contributed by atoms with Gasteiger partial charge in [0.2, 0.25) is 0 Å². The van der Waals surface area contributed by atoms with Crippen molar-refractivity contribution in [1.29, 1.82) is 0 Å². The van der Waals surface area contributed by atoms with Crippen LogP contribution in [0.2, 0.25) is 0 Å². The van der Waals surface area contributed by atoms with Crippen LogP contribution in [0.4, 0.5) is 0 Å². The smallest absolute Gasteiger partial charge is 0.118 e. The van der Waals surface area contributed by atoms with Crippen molar-refractivity contribution >= 4 is 0 Å². The first-order valence-corrected chi connectivity index (χ1v) is 7.31. The summed E-state index contributed by atoms with van der Waals surface area (Å²) in [6.07, 6.45) is 4.03. The van der Waals surface area contributed by atoms with E-state index in [1.54, 1.807) is 7.11 Å². The Kier molecular flexibility index (Phi) is 4.68. The van der Waals surface area contributed by atoms with E-state index in [9.17, 15) is 0 Å². The van der Waals surface area contributed by atoms with Gasteiger partial charge in [0.1, 0.15) is 5.75 Å². The third-order valence-electron chi connectivity index (χ3n) is 3.55. The topological polar surface area (TPSA) is 39.1 Å². The van der Waals surface area contributed by atoms with E-state index >= 15 is 0 Å². The molecule has 0 saturated carbocycles. The van der Waals surface area contributed by atoms with Crippen molar-refractivity contribution < 1.29 is 4.74 Å². The van der Waals surface area contributed by atoms with Gasteiger partial charge in [0, 0.05) is 24.3 Å². The number of benzene rings is 1. The van der Waals surface area contributed by atoms with Gasteiger partial charge in [-0.25, -0.2) is 0 Å². The SMILES string of the molecule is COc1ccc([C@H](C)NCc2cnn(C(C)(C)C)c2)cc1. The molecule has 114 valence electrons. The van der Waals surface area contributed by atoms with Gasteiger partial charge in [-0.3, -0.25) is 4.68 Å². The van der Waals surface area contributed by atoms with Crippen LogP contribution >= 0.6 is 0 Å². The number of hydrogen-bond donors (Lipinski definition) is 1. The molecular weight excluding hydrogens is 262 g/mol. The summed E-state index contributed by atoms with van der Waals surface area (Å²) in [5.41, 5.74) is 2.48. The Hall–Kier alpha value is -1.81. The van der Waals surface area contributed by atoms with Crippen LogP contribution in [-0.4, -0.2) is 16.9 Å². The van der Waals surface area contributed by atoms with E-state index in [1.165, 1.54) is 11.1 Å². The molecule has 0 saturated heterocycles. The molecule has 0 radical (unpaired) electrons. The van der Waals surface area contributed by atoms with Gasteiger partial charge in [0.15, 0.2) is 0 Å². The van der Waals surface area contributed by atoms with Crippen LogP contribution in [0.25, 0.3) is 0 Å². The van der Waals surface area contributed by atoms with E-state index in [1.807, 2.05) is 23.0 Å². The lowest BCUT2D eigenvalue weighted by Crippen LogP contribution is -2.22. The van der Waals surface area contributed by atoms with Crippen LogP contribution in [0.5, 0.6) is 5.75 Å². The molecule has 2 rings (SSSR count). The Balaban J connectivity index is 1.94. The molecule has 1 atom stereocenters. The molecule has 4 nitrogen and oxygen atoms in total. The number of nitrogens with zero attached hydrogens (tertiary/aromatic N) is 2. The summed E-state index contributed by atoms with van der Waals surface area (Å²) in [7, 11) is 1.68. The first kappa shape index (κ1) is 15.6. The lowest BCUT2D eigenvalue weighted by Gasteiger charge is -2.18. The van der Waals surface area contributed by atoms with E-state index in [0.29, 0.717) is 0 Å². The largest absolute Gasteiger partial charge is 0.497 e. The molecule has 1 heterocycles. The zero-order valence-electron chi connectivity index (χ0n) is 13.6. The fourth-order valence-corrected chi connectivity index (χ4v) is 2.10. The second kappa shape index (κ2) is 6.31. The van der Waals surface area contributed by atoms with Crippen LogP contribution in [-0.2, 0) is 12.1 Å². The van der Waals surface area contributed by atoms with Crippen molar-refractivity contribution in [2.75, 3.05) is 7.11 Å². The highest BCUT2D eigenvalue weighted by Gasteiger charge is 2.14. The Morgan fingerprint density at radius 3 is 2.43 bits per heavy atom. The van der Waals surface area contributed by atoms with Gasteiger partial charge in [-0.2, -0.15) is 5.10 Å². The van der Waals surface area contributed by atoms with Crippen LogP contribution < -0.4 is 10.1 Å². The molecule has 21 heavy (non-hydrogen) atoms. The first-order valence-electron chi connectivity index (χ1n) is 7.31. The van der Waals surface area contributed by atoms with Gasteiger partial charge in [-0.15, -0.1) is 0 Å². The summed E-state index contributed by atoms with van der Waals surface area (Å²) in [4.78, 5) is 0. The summed E-state index contributed by atoms with van der Waals surface area (Å²) in [5.74, 6) is 0.886. The highest BCUT2D eigenvalue weighted by Crippen LogP contribution is 2.18. The number of ether oxygens (including phenoxy) is 1. The molecular formula is C17H25N3O. The molecule has 0 bridgehead atoms. The predicted octanol–water partition coefficient (Wildman–Crippen LogP) is 3.50. The van der Waals surface area contributed by atoms with Crippen molar-refractivity contribution in [2.24, 2.45) is 0 Å². The third kappa shape index (κ3) is 4.08. The number of methoxy groups -OCH3 is 1. The van der Waals surface area contributed by atoms with Gasteiger partial charge in [0.05, 0.1) is 18.8 Å². The molecule has 0 aliphatic carbocycles. The van der Waals surface area contributed by atoms with Gasteiger partial charge in [-0.1, -0.05) is 12.1 Å². The van der Waals surface area contributed by atoms with Crippen LogP contribution in [0.15, 0.2) is 36.7 Å². The van der Waals surface area contributed by atoms with Crippen molar-refractivity contribution in [3.05, 3.63) is 47.8 Å². The van der Waals surface area contributed by atoms with Crippen LogP contribution in [0.1, 0.15) is 44.9 Å². The maximum Gasteiger partial charge on any atom is 0.118 e. The van der Waals surface area contributed by atoms with Crippen LogP contribution in [0, 0.1) is 0 Å². The zero-order chi connectivity index (χ0) is 15.5. The maximum absolute atomic E-state index is 5.18. The van der Waals surface area contributed by atoms with Gasteiger partial charge < -0.3 is 10.1 Å². The van der Waals surface area contributed by atoms with E-state index in [0.717, 1.165) is 12.3 Å². The lowest BCUT2D eigenvalue weighted by molar-refractivity contribution is 0.355.